The van der Waals surface area contributed by atoms with Crippen LogP contribution in [0.2, 0.25) is 0 Å². The van der Waals surface area contributed by atoms with Crippen molar-refractivity contribution in [2.75, 3.05) is 27.2 Å². The summed E-state index contributed by atoms with van der Waals surface area (Å²) in [6, 6.07) is 5.28. The average molecular weight is 264 g/mol. The highest BCUT2D eigenvalue weighted by Gasteiger charge is 2.20. The van der Waals surface area contributed by atoms with Crippen molar-refractivity contribution >= 4 is 5.69 Å². The molecule has 0 amide bonds. The Hall–Kier alpha value is -1.62. The SMILES string of the molecule is COc1ccc(CC2CCN(C)CC2)cc1[N+](=O)[O-]. The van der Waals surface area contributed by atoms with Gasteiger partial charge in [0.15, 0.2) is 5.75 Å². The molecule has 1 saturated heterocycles. The molecule has 5 nitrogen and oxygen atoms in total. The van der Waals surface area contributed by atoms with Crippen LogP contribution < -0.4 is 4.74 Å². The van der Waals surface area contributed by atoms with Crippen LogP contribution in [0.25, 0.3) is 0 Å². The van der Waals surface area contributed by atoms with E-state index in [1.165, 1.54) is 7.11 Å². The molecule has 1 aliphatic heterocycles. The molecule has 1 aliphatic rings. The van der Waals surface area contributed by atoms with E-state index in [2.05, 4.69) is 11.9 Å². The van der Waals surface area contributed by atoms with Gasteiger partial charge in [-0.05, 0) is 56.9 Å². The second-order valence-corrected chi connectivity index (χ2v) is 5.21. The maximum Gasteiger partial charge on any atom is 0.311 e. The number of ether oxygens (including phenoxy) is 1. The molecule has 1 fully saturated rings. The summed E-state index contributed by atoms with van der Waals surface area (Å²) in [5, 5.41) is 11.0. The summed E-state index contributed by atoms with van der Waals surface area (Å²) in [6.45, 7) is 2.23. The minimum atomic E-state index is -0.378. The number of rotatable bonds is 4. The Morgan fingerprint density at radius 1 is 1.42 bits per heavy atom. The Kier molecular flexibility index (Phi) is 4.37. The zero-order valence-electron chi connectivity index (χ0n) is 11.5. The minimum absolute atomic E-state index is 0.0629. The molecular formula is C14H20N2O3. The summed E-state index contributed by atoms with van der Waals surface area (Å²) in [6.07, 6.45) is 3.24. The van der Waals surface area contributed by atoms with Crippen molar-refractivity contribution in [1.82, 2.24) is 4.90 Å². The largest absolute Gasteiger partial charge is 0.490 e. The number of nitrogens with zero attached hydrogens (tertiary/aromatic N) is 2. The summed E-state index contributed by atoms with van der Waals surface area (Å²) in [7, 11) is 3.59. The summed E-state index contributed by atoms with van der Waals surface area (Å²) in [5.74, 6) is 0.960. The fraction of sp³-hybridized carbons (Fsp3) is 0.571. The molecule has 0 aliphatic carbocycles. The third-order valence-electron chi connectivity index (χ3n) is 3.80. The van der Waals surface area contributed by atoms with Gasteiger partial charge in [0.25, 0.3) is 0 Å². The lowest BCUT2D eigenvalue weighted by Gasteiger charge is -2.28. The number of piperidine rings is 1. The van der Waals surface area contributed by atoms with Crippen molar-refractivity contribution in [1.29, 1.82) is 0 Å². The molecule has 2 rings (SSSR count). The maximum atomic E-state index is 11.0. The number of nitro groups is 1. The summed E-state index contributed by atoms with van der Waals surface area (Å²) in [5.41, 5.74) is 1.09. The van der Waals surface area contributed by atoms with Crippen molar-refractivity contribution in [3.8, 4) is 5.75 Å². The molecular weight excluding hydrogens is 244 g/mol. The van der Waals surface area contributed by atoms with Gasteiger partial charge in [0, 0.05) is 6.07 Å². The lowest BCUT2D eigenvalue weighted by atomic mass is 9.90. The van der Waals surface area contributed by atoms with Crippen LogP contribution in [-0.2, 0) is 6.42 Å². The van der Waals surface area contributed by atoms with Crippen molar-refractivity contribution in [2.24, 2.45) is 5.92 Å². The van der Waals surface area contributed by atoms with Gasteiger partial charge in [-0.25, -0.2) is 0 Å². The second-order valence-electron chi connectivity index (χ2n) is 5.21. The zero-order chi connectivity index (χ0) is 13.8. The van der Waals surface area contributed by atoms with E-state index in [0.717, 1.165) is 37.9 Å². The number of nitro benzene ring substituents is 1. The Labute approximate surface area is 113 Å². The Morgan fingerprint density at radius 3 is 2.68 bits per heavy atom. The fourth-order valence-electron chi connectivity index (χ4n) is 2.60. The molecule has 0 saturated carbocycles. The highest BCUT2D eigenvalue weighted by molar-refractivity contribution is 5.48. The third-order valence-corrected chi connectivity index (χ3v) is 3.80. The Bertz CT molecular complexity index is 454. The van der Waals surface area contributed by atoms with Gasteiger partial charge in [0.2, 0.25) is 0 Å². The van der Waals surface area contributed by atoms with E-state index >= 15 is 0 Å². The van der Waals surface area contributed by atoms with Gasteiger partial charge in [0.05, 0.1) is 12.0 Å². The summed E-state index contributed by atoms with van der Waals surface area (Å²) < 4.78 is 5.02. The van der Waals surface area contributed by atoms with Gasteiger partial charge in [0.1, 0.15) is 0 Å². The number of likely N-dealkylation sites (tertiary alicyclic amines) is 1. The van der Waals surface area contributed by atoms with E-state index in [9.17, 15) is 10.1 Å². The smallest absolute Gasteiger partial charge is 0.311 e. The van der Waals surface area contributed by atoms with Gasteiger partial charge in [-0.2, -0.15) is 0 Å². The first-order valence-corrected chi connectivity index (χ1v) is 6.60. The van der Waals surface area contributed by atoms with E-state index in [1.54, 1.807) is 12.1 Å². The third kappa shape index (κ3) is 3.44. The predicted octanol–water partition coefficient (Wildman–Crippen LogP) is 2.49. The van der Waals surface area contributed by atoms with E-state index in [-0.39, 0.29) is 10.6 Å². The average Bonchev–Trinajstić information content (AvgIpc) is 2.41. The molecule has 0 atom stereocenters. The quantitative estimate of drug-likeness (QED) is 0.619. The zero-order valence-corrected chi connectivity index (χ0v) is 11.5. The molecule has 0 bridgehead atoms. The van der Waals surface area contributed by atoms with E-state index in [4.69, 9.17) is 4.74 Å². The van der Waals surface area contributed by atoms with Crippen molar-refractivity contribution in [3.63, 3.8) is 0 Å². The minimum Gasteiger partial charge on any atom is -0.490 e. The van der Waals surface area contributed by atoms with Crippen LogP contribution in [0.3, 0.4) is 0 Å². The Balaban J connectivity index is 2.08. The number of hydrogen-bond donors (Lipinski definition) is 0. The van der Waals surface area contributed by atoms with Crippen LogP contribution in [-0.4, -0.2) is 37.1 Å². The second kappa shape index (κ2) is 6.02. The molecule has 0 radical (unpaired) electrons. The molecule has 5 heteroatoms. The molecule has 0 unspecified atom stereocenters. The molecule has 19 heavy (non-hydrogen) atoms. The summed E-state index contributed by atoms with van der Waals surface area (Å²) in [4.78, 5) is 12.9. The molecule has 0 N–H and O–H groups in total. The first kappa shape index (κ1) is 13.8. The van der Waals surface area contributed by atoms with Crippen LogP contribution >= 0.6 is 0 Å². The summed E-state index contributed by atoms with van der Waals surface area (Å²) >= 11 is 0. The van der Waals surface area contributed by atoms with Gasteiger partial charge in [-0.1, -0.05) is 6.07 Å². The molecule has 1 aromatic rings. The Morgan fingerprint density at radius 2 is 2.11 bits per heavy atom. The van der Waals surface area contributed by atoms with Crippen LogP contribution in [0.5, 0.6) is 5.75 Å². The monoisotopic (exact) mass is 264 g/mol. The van der Waals surface area contributed by atoms with Gasteiger partial charge in [-0.15, -0.1) is 0 Å². The number of hydrogen-bond acceptors (Lipinski definition) is 4. The number of benzene rings is 1. The first-order valence-electron chi connectivity index (χ1n) is 6.60. The van der Waals surface area contributed by atoms with Crippen molar-refractivity contribution in [3.05, 3.63) is 33.9 Å². The van der Waals surface area contributed by atoms with Gasteiger partial charge in [-0.3, -0.25) is 10.1 Å². The fourth-order valence-corrected chi connectivity index (χ4v) is 2.60. The normalized spacial score (nSPS) is 17.4. The van der Waals surface area contributed by atoms with Crippen LogP contribution in [0, 0.1) is 16.0 Å². The predicted molar refractivity (Wildman–Crippen MR) is 73.6 cm³/mol. The van der Waals surface area contributed by atoms with Gasteiger partial charge < -0.3 is 9.64 Å². The first-order chi connectivity index (χ1) is 9.10. The molecule has 0 aromatic heterocycles. The molecule has 1 aromatic carbocycles. The molecule has 0 spiro atoms. The topological polar surface area (TPSA) is 55.6 Å². The van der Waals surface area contributed by atoms with Crippen LogP contribution in [0.15, 0.2) is 18.2 Å². The van der Waals surface area contributed by atoms with E-state index < -0.39 is 0 Å². The lowest BCUT2D eigenvalue weighted by Crippen LogP contribution is -2.30. The molecule has 1 heterocycles. The van der Waals surface area contributed by atoms with Crippen molar-refractivity contribution < 1.29 is 9.66 Å². The molecule has 104 valence electrons. The highest BCUT2D eigenvalue weighted by Crippen LogP contribution is 2.29. The van der Waals surface area contributed by atoms with Crippen LogP contribution in [0.1, 0.15) is 18.4 Å². The standard InChI is InChI=1S/C14H20N2O3/c1-15-7-5-11(6-8-15)9-12-3-4-14(19-2)13(10-12)16(17)18/h3-4,10-11H,5-9H2,1-2H3. The highest BCUT2D eigenvalue weighted by atomic mass is 16.6. The van der Waals surface area contributed by atoms with Gasteiger partial charge >= 0.3 is 5.69 Å². The van der Waals surface area contributed by atoms with E-state index in [0.29, 0.717) is 11.7 Å². The maximum absolute atomic E-state index is 11.0. The van der Waals surface area contributed by atoms with Crippen molar-refractivity contribution in [2.45, 2.75) is 19.3 Å². The number of methoxy groups -OCH3 is 1. The lowest BCUT2D eigenvalue weighted by molar-refractivity contribution is -0.385. The van der Waals surface area contributed by atoms with Crippen LogP contribution in [0.4, 0.5) is 5.69 Å². The van der Waals surface area contributed by atoms with E-state index in [1.807, 2.05) is 6.07 Å².